The second kappa shape index (κ2) is 9.09. The van der Waals surface area contributed by atoms with Crippen molar-refractivity contribution in [1.82, 2.24) is 15.5 Å². The van der Waals surface area contributed by atoms with Crippen molar-refractivity contribution in [2.75, 3.05) is 6.61 Å². The van der Waals surface area contributed by atoms with E-state index < -0.39 is 0 Å². The number of amides is 1. The second-order valence-corrected chi connectivity index (χ2v) is 7.66. The van der Waals surface area contributed by atoms with Crippen LogP contribution in [0.3, 0.4) is 0 Å². The van der Waals surface area contributed by atoms with Gasteiger partial charge >= 0.3 is 0 Å². The molecule has 1 aromatic heterocycles. The second-order valence-electron chi connectivity index (χ2n) is 7.66. The fourth-order valence-electron chi connectivity index (χ4n) is 3.88. The van der Waals surface area contributed by atoms with Gasteiger partial charge in [-0.15, -0.1) is 0 Å². The number of hydrogen-bond donors (Lipinski definition) is 2. The van der Waals surface area contributed by atoms with Gasteiger partial charge < -0.3 is 14.8 Å². The summed E-state index contributed by atoms with van der Waals surface area (Å²) in [6.07, 6.45) is 5.71. The van der Waals surface area contributed by atoms with Crippen molar-refractivity contribution >= 4 is 16.8 Å². The van der Waals surface area contributed by atoms with Gasteiger partial charge in [0.05, 0.1) is 24.4 Å². The molecule has 1 saturated carbocycles. The van der Waals surface area contributed by atoms with Crippen LogP contribution in [0.4, 0.5) is 0 Å². The molecule has 1 aliphatic rings. The molecule has 0 bridgehead atoms. The monoisotopic (exact) mass is 393 g/mol. The molecule has 2 N–H and O–H groups in total. The number of rotatable bonds is 7. The van der Waals surface area contributed by atoms with Gasteiger partial charge in [-0.05, 0) is 50.3 Å². The molecule has 0 unspecified atom stereocenters. The Kier molecular flexibility index (Phi) is 6.10. The molecule has 0 spiro atoms. The van der Waals surface area contributed by atoms with Gasteiger partial charge in [-0.25, -0.2) is 0 Å². The van der Waals surface area contributed by atoms with E-state index in [1.54, 1.807) is 0 Å². The van der Waals surface area contributed by atoms with Gasteiger partial charge in [0.1, 0.15) is 12.4 Å². The number of ether oxygens (including phenoxy) is 2. The number of fused-ring (bicyclic) bond motifs is 1. The lowest BCUT2D eigenvalue weighted by molar-refractivity contribution is -0.127. The van der Waals surface area contributed by atoms with Crippen LogP contribution in [0.1, 0.15) is 36.8 Å². The average molecular weight is 393 g/mol. The Labute approximate surface area is 170 Å². The number of aromatic amines is 1. The standard InChI is InChI=1S/C23H27N3O3/c1-16-20-13-24-26-21(20)11-12-22(16)29-19-9-7-18(8-10-19)25-23(27)15-28-14-17-5-3-2-4-6-17/h2-6,11-13,18-19H,7-10,14-15H2,1H3,(H,24,26)(H,25,27)/t18-,19+. The van der Waals surface area contributed by atoms with Crippen molar-refractivity contribution in [2.45, 2.75) is 51.4 Å². The van der Waals surface area contributed by atoms with Gasteiger partial charge in [-0.2, -0.15) is 5.10 Å². The lowest BCUT2D eigenvalue weighted by Gasteiger charge is -2.30. The Morgan fingerprint density at radius 1 is 1.14 bits per heavy atom. The largest absolute Gasteiger partial charge is 0.490 e. The first-order valence-electron chi connectivity index (χ1n) is 10.2. The number of H-pyrrole nitrogens is 1. The Balaban J connectivity index is 1.20. The van der Waals surface area contributed by atoms with E-state index in [0.717, 1.165) is 53.5 Å². The molecular formula is C23H27N3O3. The molecule has 2 aromatic carbocycles. The van der Waals surface area contributed by atoms with Crippen molar-refractivity contribution in [3.63, 3.8) is 0 Å². The van der Waals surface area contributed by atoms with Crippen molar-refractivity contribution in [3.8, 4) is 5.75 Å². The van der Waals surface area contributed by atoms with Crippen LogP contribution >= 0.6 is 0 Å². The quantitative estimate of drug-likeness (QED) is 0.638. The Morgan fingerprint density at radius 3 is 2.72 bits per heavy atom. The molecule has 1 heterocycles. The van der Waals surface area contributed by atoms with E-state index in [1.807, 2.05) is 48.7 Å². The molecule has 0 aliphatic heterocycles. The Bertz CT molecular complexity index is 946. The predicted molar refractivity (Wildman–Crippen MR) is 112 cm³/mol. The highest BCUT2D eigenvalue weighted by Crippen LogP contribution is 2.30. The van der Waals surface area contributed by atoms with Crippen LogP contribution in [-0.2, 0) is 16.1 Å². The van der Waals surface area contributed by atoms with Crippen molar-refractivity contribution in [1.29, 1.82) is 0 Å². The topological polar surface area (TPSA) is 76.2 Å². The molecule has 0 radical (unpaired) electrons. The summed E-state index contributed by atoms with van der Waals surface area (Å²) >= 11 is 0. The number of nitrogens with one attached hydrogen (secondary N) is 2. The molecule has 6 heteroatoms. The van der Waals surface area contributed by atoms with E-state index in [9.17, 15) is 4.79 Å². The molecular weight excluding hydrogens is 366 g/mol. The smallest absolute Gasteiger partial charge is 0.246 e. The van der Waals surface area contributed by atoms with Crippen LogP contribution in [0.2, 0.25) is 0 Å². The Hall–Kier alpha value is -2.86. The third-order valence-corrected chi connectivity index (χ3v) is 5.52. The van der Waals surface area contributed by atoms with E-state index in [1.165, 1.54) is 0 Å². The minimum atomic E-state index is -0.0495. The molecule has 4 rings (SSSR count). The van der Waals surface area contributed by atoms with E-state index in [4.69, 9.17) is 9.47 Å². The number of hydrogen-bond acceptors (Lipinski definition) is 4. The lowest BCUT2D eigenvalue weighted by atomic mass is 9.93. The van der Waals surface area contributed by atoms with Crippen LogP contribution < -0.4 is 10.1 Å². The SMILES string of the molecule is Cc1c(O[C@H]2CC[C@@H](NC(=O)COCc3ccccc3)CC2)ccc2[nH]ncc12. The number of carbonyl (C=O) groups excluding carboxylic acids is 1. The van der Waals surface area contributed by atoms with E-state index in [-0.39, 0.29) is 24.7 Å². The molecule has 152 valence electrons. The summed E-state index contributed by atoms with van der Waals surface area (Å²) in [6, 6.07) is 14.1. The fourth-order valence-corrected chi connectivity index (χ4v) is 3.88. The van der Waals surface area contributed by atoms with Crippen LogP contribution in [0.25, 0.3) is 10.9 Å². The fraction of sp³-hybridized carbons (Fsp3) is 0.391. The van der Waals surface area contributed by atoms with Crippen molar-refractivity contribution in [2.24, 2.45) is 0 Å². The van der Waals surface area contributed by atoms with Gasteiger partial charge in [0, 0.05) is 17.0 Å². The van der Waals surface area contributed by atoms with E-state index in [2.05, 4.69) is 22.4 Å². The maximum atomic E-state index is 12.1. The van der Waals surface area contributed by atoms with E-state index >= 15 is 0 Å². The maximum absolute atomic E-state index is 12.1. The van der Waals surface area contributed by atoms with Gasteiger partial charge in [0.2, 0.25) is 5.91 Å². The van der Waals surface area contributed by atoms with Crippen LogP contribution in [0, 0.1) is 6.92 Å². The zero-order chi connectivity index (χ0) is 20.1. The third kappa shape index (κ3) is 4.95. The third-order valence-electron chi connectivity index (χ3n) is 5.52. The average Bonchev–Trinajstić information content (AvgIpc) is 3.22. The number of aromatic nitrogens is 2. The molecule has 6 nitrogen and oxygen atoms in total. The normalized spacial score (nSPS) is 19.2. The highest BCUT2D eigenvalue weighted by atomic mass is 16.5. The molecule has 0 atom stereocenters. The van der Waals surface area contributed by atoms with Crippen LogP contribution in [0.15, 0.2) is 48.7 Å². The van der Waals surface area contributed by atoms with Gasteiger partial charge in [-0.3, -0.25) is 9.89 Å². The predicted octanol–water partition coefficient (Wildman–Crippen LogP) is 3.89. The zero-order valence-corrected chi connectivity index (χ0v) is 16.7. The summed E-state index contributed by atoms with van der Waals surface area (Å²) in [5.41, 5.74) is 3.21. The molecule has 1 aliphatic carbocycles. The maximum Gasteiger partial charge on any atom is 0.246 e. The number of nitrogens with zero attached hydrogens (tertiary/aromatic N) is 1. The van der Waals surface area contributed by atoms with E-state index in [0.29, 0.717) is 6.61 Å². The van der Waals surface area contributed by atoms with Crippen LogP contribution in [-0.4, -0.2) is 34.9 Å². The molecule has 1 fully saturated rings. The summed E-state index contributed by atoms with van der Waals surface area (Å²) in [4.78, 5) is 12.1. The Morgan fingerprint density at radius 2 is 1.93 bits per heavy atom. The first-order valence-corrected chi connectivity index (χ1v) is 10.2. The first kappa shape index (κ1) is 19.5. The first-order chi connectivity index (χ1) is 14.2. The molecule has 0 saturated heterocycles. The molecule has 1 amide bonds. The minimum absolute atomic E-state index is 0.0495. The highest BCUT2D eigenvalue weighted by molar-refractivity contribution is 5.83. The van der Waals surface area contributed by atoms with Crippen LogP contribution in [0.5, 0.6) is 5.75 Å². The zero-order valence-electron chi connectivity index (χ0n) is 16.7. The van der Waals surface area contributed by atoms with Gasteiger partial charge in [0.25, 0.3) is 0 Å². The van der Waals surface area contributed by atoms with Gasteiger partial charge in [-0.1, -0.05) is 30.3 Å². The summed E-state index contributed by atoms with van der Waals surface area (Å²) in [5, 5.41) is 11.3. The van der Waals surface area contributed by atoms with Crippen molar-refractivity contribution < 1.29 is 14.3 Å². The summed E-state index contributed by atoms with van der Waals surface area (Å²) in [5.74, 6) is 0.868. The minimum Gasteiger partial charge on any atom is -0.490 e. The van der Waals surface area contributed by atoms with Crippen molar-refractivity contribution in [3.05, 3.63) is 59.8 Å². The number of benzene rings is 2. The lowest BCUT2D eigenvalue weighted by Crippen LogP contribution is -2.41. The number of aryl methyl sites for hydroxylation is 1. The molecule has 29 heavy (non-hydrogen) atoms. The number of carbonyl (C=O) groups is 1. The van der Waals surface area contributed by atoms with Gasteiger partial charge in [0.15, 0.2) is 0 Å². The summed E-state index contributed by atoms with van der Waals surface area (Å²) in [7, 11) is 0. The highest BCUT2D eigenvalue weighted by Gasteiger charge is 2.24. The molecule has 3 aromatic rings. The summed E-state index contributed by atoms with van der Waals surface area (Å²) < 4.78 is 11.8. The summed E-state index contributed by atoms with van der Waals surface area (Å²) in [6.45, 7) is 2.61.